The first-order valence-electron chi connectivity index (χ1n) is 4.43. The molecule has 1 N–H and O–H groups in total. The second-order valence-electron chi connectivity index (χ2n) is 3.14. The summed E-state index contributed by atoms with van der Waals surface area (Å²) in [7, 11) is 0. The van der Waals surface area contributed by atoms with E-state index in [1.54, 1.807) is 0 Å². The summed E-state index contributed by atoms with van der Waals surface area (Å²) in [5, 5.41) is 17.4. The van der Waals surface area contributed by atoms with E-state index in [0.29, 0.717) is 0 Å². The lowest BCUT2D eigenvalue weighted by Gasteiger charge is -2.14. The number of nitrogens with zero attached hydrogens (tertiary/aromatic N) is 1. The Bertz CT molecular complexity index is 522. The van der Waals surface area contributed by atoms with Crippen LogP contribution in [0.5, 0.6) is 5.75 Å². The fourth-order valence-corrected chi connectivity index (χ4v) is 1.64. The van der Waals surface area contributed by atoms with Gasteiger partial charge >= 0.3 is 12.3 Å². The Morgan fingerprint density at radius 2 is 2.11 bits per heavy atom. The number of halogens is 4. The van der Waals surface area contributed by atoms with Crippen molar-refractivity contribution in [3.8, 4) is 11.8 Å². The highest BCUT2D eigenvalue weighted by atomic mass is 79.9. The molecular weight excluding hydrogens is 319 g/mol. The molecule has 1 aromatic carbocycles. The molecule has 18 heavy (non-hydrogen) atoms. The van der Waals surface area contributed by atoms with Crippen molar-refractivity contribution in [3.63, 3.8) is 0 Å². The number of alkyl halides is 3. The first kappa shape index (κ1) is 14.3. The minimum Gasteiger partial charge on any atom is -0.481 e. The predicted octanol–water partition coefficient (Wildman–Crippen LogP) is 2.85. The zero-order valence-electron chi connectivity index (χ0n) is 8.58. The average Bonchev–Trinajstić information content (AvgIpc) is 2.20. The monoisotopic (exact) mass is 323 g/mol. The van der Waals surface area contributed by atoms with Crippen LogP contribution in [0.25, 0.3) is 0 Å². The topological polar surface area (TPSA) is 70.3 Å². The second-order valence-corrected chi connectivity index (χ2v) is 4.00. The van der Waals surface area contributed by atoms with Gasteiger partial charge in [0.05, 0.1) is 6.42 Å². The molecular formula is C10H5BrF3NO3. The number of hydrogen-bond acceptors (Lipinski definition) is 3. The molecule has 1 aromatic rings. The van der Waals surface area contributed by atoms with Crippen LogP contribution in [0.4, 0.5) is 13.2 Å². The van der Waals surface area contributed by atoms with Gasteiger partial charge in [-0.05, 0) is 22.0 Å². The summed E-state index contributed by atoms with van der Waals surface area (Å²) in [6.07, 6.45) is -5.67. The molecule has 0 spiro atoms. The van der Waals surface area contributed by atoms with Gasteiger partial charge in [-0.2, -0.15) is 5.26 Å². The molecule has 0 aromatic heterocycles. The van der Waals surface area contributed by atoms with E-state index >= 15 is 0 Å². The maximum Gasteiger partial charge on any atom is 0.573 e. The number of hydrogen-bond donors (Lipinski definition) is 1. The van der Waals surface area contributed by atoms with Crippen LogP contribution in [0.1, 0.15) is 11.1 Å². The smallest absolute Gasteiger partial charge is 0.481 e. The largest absolute Gasteiger partial charge is 0.573 e. The van der Waals surface area contributed by atoms with E-state index in [1.807, 2.05) is 0 Å². The van der Waals surface area contributed by atoms with Crippen LogP contribution in [0.3, 0.4) is 0 Å². The minimum atomic E-state index is -5.00. The zero-order valence-corrected chi connectivity index (χ0v) is 10.2. The van der Waals surface area contributed by atoms with E-state index < -0.39 is 30.1 Å². The fraction of sp³-hybridized carbons (Fsp3) is 0.200. The Labute approximate surface area is 108 Å². The SMILES string of the molecule is N#Cc1c(Br)ccc(CC(=O)O)c1OC(F)(F)F. The number of benzene rings is 1. The zero-order chi connectivity index (χ0) is 13.9. The van der Waals surface area contributed by atoms with Crippen LogP contribution in [0.2, 0.25) is 0 Å². The molecule has 8 heteroatoms. The number of carbonyl (C=O) groups is 1. The number of carboxylic acid groups (broad SMARTS) is 1. The van der Waals surface area contributed by atoms with Crippen molar-refractivity contribution in [2.24, 2.45) is 0 Å². The molecule has 0 aliphatic carbocycles. The van der Waals surface area contributed by atoms with Gasteiger partial charge in [0, 0.05) is 10.0 Å². The third-order valence-electron chi connectivity index (χ3n) is 1.86. The van der Waals surface area contributed by atoms with Gasteiger partial charge in [-0.3, -0.25) is 4.79 Å². The number of rotatable bonds is 3. The maximum absolute atomic E-state index is 12.2. The molecule has 0 unspecified atom stereocenters. The molecule has 0 aliphatic heterocycles. The lowest BCUT2D eigenvalue weighted by molar-refractivity contribution is -0.275. The van der Waals surface area contributed by atoms with E-state index in [1.165, 1.54) is 12.1 Å². The average molecular weight is 324 g/mol. The number of aliphatic carboxylic acids is 1. The van der Waals surface area contributed by atoms with Gasteiger partial charge in [0.2, 0.25) is 0 Å². The molecule has 0 aliphatic rings. The molecule has 0 radical (unpaired) electrons. The van der Waals surface area contributed by atoms with Crippen molar-refractivity contribution in [3.05, 3.63) is 27.7 Å². The number of ether oxygens (including phenoxy) is 1. The van der Waals surface area contributed by atoms with Crippen molar-refractivity contribution in [2.75, 3.05) is 0 Å². The molecule has 96 valence electrons. The molecule has 0 fully saturated rings. The lowest BCUT2D eigenvalue weighted by Crippen LogP contribution is -2.19. The minimum absolute atomic E-state index is 0.0957. The molecule has 0 saturated carbocycles. The Balaban J connectivity index is 3.35. The van der Waals surface area contributed by atoms with Gasteiger partial charge in [-0.25, -0.2) is 0 Å². The van der Waals surface area contributed by atoms with Crippen molar-refractivity contribution in [1.29, 1.82) is 5.26 Å². The molecule has 0 bridgehead atoms. The van der Waals surface area contributed by atoms with Gasteiger partial charge < -0.3 is 9.84 Å². The van der Waals surface area contributed by atoms with Crippen LogP contribution >= 0.6 is 15.9 Å². The summed E-state index contributed by atoms with van der Waals surface area (Å²) < 4.78 is 40.5. The molecule has 0 amide bonds. The Kier molecular flexibility index (Phi) is 4.19. The van der Waals surface area contributed by atoms with E-state index in [2.05, 4.69) is 20.7 Å². The normalized spacial score (nSPS) is 10.8. The third kappa shape index (κ3) is 3.63. The molecule has 4 nitrogen and oxygen atoms in total. The van der Waals surface area contributed by atoms with E-state index in [9.17, 15) is 18.0 Å². The van der Waals surface area contributed by atoms with Gasteiger partial charge in [-0.15, -0.1) is 13.2 Å². The van der Waals surface area contributed by atoms with E-state index in [0.717, 1.165) is 6.07 Å². The van der Waals surface area contributed by atoms with E-state index in [4.69, 9.17) is 10.4 Å². The van der Waals surface area contributed by atoms with E-state index in [-0.39, 0.29) is 10.0 Å². The van der Waals surface area contributed by atoms with Crippen LogP contribution in [-0.4, -0.2) is 17.4 Å². The summed E-state index contributed by atoms with van der Waals surface area (Å²) >= 11 is 2.90. The fourth-order valence-electron chi connectivity index (χ4n) is 1.24. The van der Waals surface area contributed by atoms with Crippen LogP contribution in [0.15, 0.2) is 16.6 Å². The molecule has 0 heterocycles. The highest BCUT2D eigenvalue weighted by molar-refractivity contribution is 9.10. The van der Waals surface area contributed by atoms with Gasteiger partial charge in [0.1, 0.15) is 11.6 Å². The highest BCUT2D eigenvalue weighted by Gasteiger charge is 2.34. The summed E-state index contributed by atoms with van der Waals surface area (Å²) in [6.45, 7) is 0. The third-order valence-corrected chi connectivity index (χ3v) is 2.52. The van der Waals surface area contributed by atoms with Crippen molar-refractivity contribution in [1.82, 2.24) is 0 Å². The highest BCUT2D eigenvalue weighted by Crippen LogP contribution is 2.34. The Morgan fingerprint density at radius 1 is 1.50 bits per heavy atom. The van der Waals surface area contributed by atoms with Gasteiger partial charge in [0.25, 0.3) is 0 Å². The predicted molar refractivity (Wildman–Crippen MR) is 56.9 cm³/mol. The molecule has 0 atom stereocenters. The second kappa shape index (κ2) is 5.27. The van der Waals surface area contributed by atoms with Gasteiger partial charge in [0.15, 0.2) is 5.75 Å². The maximum atomic E-state index is 12.2. The quantitative estimate of drug-likeness (QED) is 0.928. The standard InChI is InChI=1S/C10H5BrF3NO3/c11-7-2-1-5(3-8(16)17)9(6(7)4-15)18-10(12,13)14/h1-2H,3H2,(H,16,17). The molecule has 0 saturated heterocycles. The lowest BCUT2D eigenvalue weighted by atomic mass is 10.1. The van der Waals surface area contributed by atoms with Gasteiger partial charge in [-0.1, -0.05) is 6.07 Å². The number of carboxylic acids is 1. The summed E-state index contributed by atoms with van der Waals surface area (Å²) in [5.74, 6) is -2.12. The summed E-state index contributed by atoms with van der Waals surface area (Å²) in [4.78, 5) is 10.5. The number of nitriles is 1. The van der Waals surface area contributed by atoms with Crippen LogP contribution < -0.4 is 4.74 Å². The summed E-state index contributed by atoms with van der Waals surface area (Å²) in [6, 6.07) is 3.98. The van der Waals surface area contributed by atoms with Crippen molar-refractivity contribution < 1.29 is 27.8 Å². The first-order chi connectivity index (χ1) is 8.24. The Hall–Kier alpha value is -1.75. The van der Waals surface area contributed by atoms with Crippen molar-refractivity contribution >= 4 is 21.9 Å². The summed E-state index contributed by atoms with van der Waals surface area (Å²) in [5.41, 5.74) is -0.620. The molecule has 1 rings (SSSR count). The van der Waals surface area contributed by atoms with Crippen molar-refractivity contribution in [2.45, 2.75) is 12.8 Å². The van der Waals surface area contributed by atoms with Crippen LogP contribution in [-0.2, 0) is 11.2 Å². The van der Waals surface area contributed by atoms with Crippen LogP contribution in [0, 0.1) is 11.3 Å². The Morgan fingerprint density at radius 3 is 2.56 bits per heavy atom. The first-order valence-corrected chi connectivity index (χ1v) is 5.23.